The average molecular weight is 286 g/mol. The summed E-state index contributed by atoms with van der Waals surface area (Å²) in [5, 5.41) is 5.78. The molecule has 3 rings (SSSR count). The number of aromatic nitrogens is 2. The number of benzene rings is 2. The molecule has 3 aromatic rings. The topological polar surface area (TPSA) is 60.9 Å². The molecule has 0 atom stereocenters. The van der Waals surface area contributed by atoms with Crippen LogP contribution in [-0.2, 0) is 6.54 Å². The van der Waals surface area contributed by atoms with E-state index in [4.69, 9.17) is 17.3 Å². The van der Waals surface area contributed by atoms with E-state index >= 15 is 0 Å². The number of nitrogen functional groups attached to an aromatic ring is 1. The molecule has 4 nitrogen and oxygen atoms in total. The van der Waals surface area contributed by atoms with Crippen LogP contribution in [0.15, 0.2) is 53.5 Å². The second kappa shape index (κ2) is 4.98. The number of hydrogen-bond donors (Lipinski definition) is 1. The van der Waals surface area contributed by atoms with Gasteiger partial charge in [-0.15, -0.1) is 0 Å². The van der Waals surface area contributed by atoms with Crippen molar-refractivity contribution in [2.24, 2.45) is 0 Å². The number of hydrogen-bond acceptors (Lipinski definition) is 3. The summed E-state index contributed by atoms with van der Waals surface area (Å²) >= 11 is 5.98. The molecule has 0 saturated carbocycles. The van der Waals surface area contributed by atoms with Crippen LogP contribution < -0.4 is 11.3 Å². The lowest BCUT2D eigenvalue weighted by molar-refractivity contribution is 0.647. The highest BCUT2D eigenvalue weighted by Gasteiger charge is 2.07. The molecule has 20 heavy (non-hydrogen) atoms. The lowest BCUT2D eigenvalue weighted by atomic mass is 10.2. The predicted molar refractivity (Wildman–Crippen MR) is 81.0 cm³/mol. The van der Waals surface area contributed by atoms with E-state index in [1.165, 1.54) is 4.68 Å². The zero-order valence-corrected chi connectivity index (χ0v) is 11.3. The first-order chi connectivity index (χ1) is 9.65. The van der Waals surface area contributed by atoms with Crippen LogP contribution in [0.1, 0.15) is 5.56 Å². The number of fused-ring (bicyclic) bond motifs is 1. The SMILES string of the molecule is Nc1cc2cnn(Cc3ccccc3)c(=O)c2cc1Cl. The van der Waals surface area contributed by atoms with E-state index in [0.29, 0.717) is 28.0 Å². The first-order valence-electron chi connectivity index (χ1n) is 6.14. The van der Waals surface area contributed by atoms with Crippen LogP contribution >= 0.6 is 11.6 Å². The summed E-state index contributed by atoms with van der Waals surface area (Å²) in [5.41, 5.74) is 7.02. The molecule has 0 aliphatic carbocycles. The molecule has 2 aromatic carbocycles. The highest BCUT2D eigenvalue weighted by atomic mass is 35.5. The Kier molecular flexibility index (Phi) is 3.16. The van der Waals surface area contributed by atoms with Gasteiger partial charge in [-0.05, 0) is 17.7 Å². The van der Waals surface area contributed by atoms with Gasteiger partial charge in [0, 0.05) is 5.39 Å². The largest absolute Gasteiger partial charge is 0.398 e. The Balaban J connectivity index is 2.12. The van der Waals surface area contributed by atoms with E-state index in [9.17, 15) is 4.79 Å². The fourth-order valence-corrected chi connectivity index (χ4v) is 2.26. The van der Waals surface area contributed by atoms with Crippen molar-refractivity contribution in [2.75, 3.05) is 5.73 Å². The maximum absolute atomic E-state index is 12.4. The number of nitrogens with two attached hydrogens (primary N) is 1. The molecule has 1 aromatic heterocycles. The molecule has 5 heteroatoms. The predicted octanol–water partition coefficient (Wildman–Crippen LogP) is 2.68. The summed E-state index contributed by atoms with van der Waals surface area (Å²) < 4.78 is 1.42. The molecule has 0 spiro atoms. The van der Waals surface area contributed by atoms with Gasteiger partial charge in [-0.3, -0.25) is 4.79 Å². The van der Waals surface area contributed by atoms with E-state index in [2.05, 4.69) is 5.10 Å². The third-order valence-electron chi connectivity index (χ3n) is 3.15. The van der Waals surface area contributed by atoms with Crippen LogP contribution in [0.2, 0.25) is 5.02 Å². The molecule has 0 amide bonds. The van der Waals surface area contributed by atoms with Crippen LogP contribution in [-0.4, -0.2) is 9.78 Å². The van der Waals surface area contributed by atoms with Crippen molar-refractivity contribution in [3.8, 4) is 0 Å². The van der Waals surface area contributed by atoms with E-state index in [-0.39, 0.29) is 5.56 Å². The number of anilines is 1. The molecule has 100 valence electrons. The number of nitrogens with zero attached hydrogens (tertiary/aromatic N) is 2. The molecule has 0 aliphatic rings. The summed E-state index contributed by atoms with van der Waals surface area (Å²) in [6.07, 6.45) is 1.63. The Hall–Kier alpha value is -2.33. The maximum atomic E-state index is 12.4. The van der Waals surface area contributed by atoms with E-state index in [0.717, 1.165) is 5.56 Å². The third kappa shape index (κ3) is 2.26. The van der Waals surface area contributed by atoms with Gasteiger partial charge >= 0.3 is 0 Å². The van der Waals surface area contributed by atoms with Gasteiger partial charge in [0.1, 0.15) is 0 Å². The molecule has 0 unspecified atom stereocenters. The summed E-state index contributed by atoms with van der Waals surface area (Å²) in [6.45, 7) is 0.428. The van der Waals surface area contributed by atoms with Gasteiger partial charge in [0.25, 0.3) is 5.56 Å². The standard InChI is InChI=1S/C15H12ClN3O/c16-13-7-12-11(6-14(13)17)8-18-19(15(12)20)9-10-4-2-1-3-5-10/h1-8H,9,17H2. The second-order valence-electron chi connectivity index (χ2n) is 4.55. The summed E-state index contributed by atoms with van der Waals surface area (Å²) in [7, 11) is 0. The molecule has 0 saturated heterocycles. The number of halogens is 1. The van der Waals surface area contributed by atoms with Crippen molar-refractivity contribution in [3.05, 3.63) is 69.6 Å². The van der Waals surface area contributed by atoms with Crippen LogP contribution in [0.3, 0.4) is 0 Å². The van der Waals surface area contributed by atoms with Gasteiger partial charge in [-0.1, -0.05) is 41.9 Å². The summed E-state index contributed by atoms with van der Waals surface area (Å²) in [5.74, 6) is 0. The second-order valence-corrected chi connectivity index (χ2v) is 4.96. The summed E-state index contributed by atoms with van der Waals surface area (Å²) in [4.78, 5) is 12.4. The minimum atomic E-state index is -0.173. The zero-order chi connectivity index (χ0) is 14.1. The van der Waals surface area contributed by atoms with E-state index in [1.54, 1.807) is 18.3 Å². The van der Waals surface area contributed by atoms with Crippen LogP contribution in [0.25, 0.3) is 10.8 Å². The molecule has 2 N–H and O–H groups in total. The molecule has 0 bridgehead atoms. The highest BCUT2D eigenvalue weighted by molar-refractivity contribution is 6.33. The van der Waals surface area contributed by atoms with Crippen LogP contribution in [0.4, 0.5) is 5.69 Å². The maximum Gasteiger partial charge on any atom is 0.274 e. The Morgan fingerprint density at radius 2 is 1.95 bits per heavy atom. The Labute approximate surface area is 120 Å². The molecular formula is C15H12ClN3O. The van der Waals surface area contributed by atoms with Gasteiger partial charge in [0.15, 0.2) is 0 Å². The fraction of sp³-hybridized carbons (Fsp3) is 0.0667. The monoisotopic (exact) mass is 285 g/mol. The lowest BCUT2D eigenvalue weighted by Crippen LogP contribution is -2.23. The minimum absolute atomic E-state index is 0.173. The lowest BCUT2D eigenvalue weighted by Gasteiger charge is -2.07. The van der Waals surface area contributed by atoms with Crippen molar-refractivity contribution < 1.29 is 0 Å². The normalized spacial score (nSPS) is 10.8. The van der Waals surface area contributed by atoms with Gasteiger partial charge in [0.2, 0.25) is 0 Å². The number of rotatable bonds is 2. The van der Waals surface area contributed by atoms with E-state index in [1.807, 2.05) is 30.3 Å². The smallest absolute Gasteiger partial charge is 0.274 e. The van der Waals surface area contributed by atoms with Gasteiger partial charge < -0.3 is 5.73 Å². The molecular weight excluding hydrogens is 274 g/mol. The Morgan fingerprint density at radius 3 is 2.70 bits per heavy atom. The van der Waals surface area contributed by atoms with Crippen molar-refractivity contribution in [1.82, 2.24) is 9.78 Å². The van der Waals surface area contributed by atoms with Gasteiger partial charge in [-0.25, -0.2) is 4.68 Å². The van der Waals surface area contributed by atoms with Gasteiger partial charge in [0.05, 0.1) is 28.8 Å². The van der Waals surface area contributed by atoms with Crippen molar-refractivity contribution in [2.45, 2.75) is 6.54 Å². The first-order valence-corrected chi connectivity index (χ1v) is 6.52. The molecule has 1 heterocycles. The van der Waals surface area contributed by atoms with Crippen molar-refractivity contribution >= 4 is 28.1 Å². The molecule has 0 radical (unpaired) electrons. The molecule has 0 aliphatic heterocycles. The van der Waals surface area contributed by atoms with Crippen molar-refractivity contribution in [3.63, 3.8) is 0 Å². The van der Waals surface area contributed by atoms with Gasteiger partial charge in [-0.2, -0.15) is 5.10 Å². The van der Waals surface area contributed by atoms with E-state index < -0.39 is 0 Å². The Bertz CT molecular complexity index is 828. The first kappa shape index (κ1) is 12.7. The zero-order valence-electron chi connectivity index (χ0n) is 10.6. The quantitative estimate of drug-likeness (QED) is 0.737. The third-order valence-corrected chi connectivity index (χ3v) is 3.47. The van der Waals surface area contributed by atoms with Crippen LogP contribution in [0.5, 0.6) is 0 Å². The fourth-order valence-electron chi connectivity index (χ4n) is 2.09. The average Bonchev–Trinajstić information content (AvgIpc) is 2.46. The summed E-state index contributed by atoms with van der Waals surface area (Å²) in [6, 6.07) is 13.0. The highest BCUT2D eigenvalue weighted by Crippen LogP contribution is 2.23. The van der Waals surface area contributed by atoms with Crippen LogP contribution in [0, 0.1) is 0 Å². The minimum Gasteiger partial charge on any atom is -0.398 e. The van der Waals surface area contributed by atoms with Crippen molar-refractivity contribution in [1.29, 1.82) is 0 Å². The Morgan fingerprint density at radius 1 is 1.20 bits per heavy atom. The molecule has 0 fully saturated rings.